The van der Waals surface area contributed by atoms with E-state index in [1.54, 1.807) is 0 Å². The molecule has 0 radical (unpaired) electrons. The lowest BCUT2D eigenvalue weighted by Crippen LogP contribution is -2.55. The number of rotatable bonds is 1. The Morgan fingerprint density at radius 1 is 1.27 bits per heavy atom. The van der Waals surface area contributed by atoms with Crippen LogP contribution >= 0.6 is 11.6 Å². The Labute approximate surface area is 90.0 Å². The summed E-state index contributed by atoms with van der Waals surface area (Å²) >= 11 is 5.55. The van der Waals surface area contributed by atoms with E-state index >= 15 is 0 Å². The highest BCUT2D eigenvalue weighted by Crippen LogP contribution is 2.50. The molecule has 1 fully saturated rings. The SMILES string of the molecule is NC1(c2cccc(Cl)c2F)CC(F)(F)C1. The van der Waals surface area contributed by atoms with Gasteiger partial charge in [0.15, 0.2) is 0 Å². The van der Waals surface area contributed by atoms with Crippen molar-refractivity contribution in [1.29, 1.82) is 0 Å². The molecule has 0 unspecified atom stereocenters. The van der Waals surface area contributed by atoms with E-state index in [1.807, 2.05) is 0 Å². The summed E-state index contributed by atoms with van der Waals surface area (Å²) in [4.78, 5) is 0. The quantitative estimate of drug-likeness (QED) is 0.796. The molecule has 15 heavy (non-hydrogen) atoms. The largest absolute Gasteiger partial charge is 0.321 e. The normalized spacial score (nSPS) is 22.2. The van der Waals surface area contributed by atoms with E-state index in [0.717, 1.165) is 0 Å². The van der Waals surface area contributed by atoms with Gasteiger partial charge in [0.25, 0.3) is 5.92 Å². The van der Waals surface area contributed by atoms with Crippen LogP contribution < -0.4 is 5.73 Å². The maximum atomic E-state index is 13.5. The average Bonchev–Trinajstić information content (AvgIpc) is 2.05. The molecule has 1 aliphatic rings. The second-order valence-corrected chi connectivity index (χ2v) is 4.37. The topological polar surface area (TPSA) is 26.0 Å². The Morgan fingerprint density at radius 2 is 1.87 bits per heavy atom. The molecule has 5 heteroatoms. The smallest absolute Gasteiger partial charge is 0.252 e. The van der Waals surface area contributed by atoms with Crippen LogP contribution in [0.5, 0.6) is 0 Å². The molecule has 0 atom stereocenters. The molecule has 1 aromatic carbocycles. The maximum absolute atomic E-state index is 13.5. The zero-order chi connectivity index (χ0) is 11.3. The van der Waals surface area contributed by atoms with Crippen molar-refractivity contribution in [3.63, 3.8) is 0 Å². The summed E-state index contributed by atoms with van der Waals surface area (Å²) in [7, 11) is 0. The standard InChI is InChI=1S/C10H9ClF3N/c11-7-3-1-2-6(8(7)12)9(15)4-10(13,14)5-9/h1-3H,4-5,15H2. The van der Waals surface area contributed by atoms with Gasteiger partial charge in [0.1, 0.15) is 5.82 Å². The van der Waals surface area contributed by atoms with Crippen LogP contribution in [-0.4, -0.2) is 5.92 Å². The molecule has 0 amide bonds. The van der Waals surface area contributed by atoms with Gasteiger partial charge in [-0.2, -0.15) is 0 Å². The van der Waals surface area contributed by atoms with E-state index in [1.165, 1.54) is 18.2 Å². The van der Waals surface area contributed by atoms with Crippen LogP contribution in [0, 0.1) is 5.82 Å². The Kier molecular flexibility index (Phi) is 2.24. The van der Waals surface area contributed by atoms with Crippen molar-refractivity contribution in [2.75, 3.05) is 0 Å². The van der Waals surface area contributed by atoms with Crippen LogP contribution in [0.25, 0.3) is 0 Å². The van der Waals surface area contributed by atoms with Crippen molar-refractivity contribution in [2.45, 2.75) is 24.3 Å². The summed E-state index contributed by atoms with van der Waals surface area (Å²) in [5, 5.41) is -0.0902. The predicted octanol–water partition coefficient (Wildman–Crippen LogP) is 3.06. The number of hydrogen-bond acceptors (Lipinski definition) is 1. The first-order valence-electron chi connectivity index (χ1n) is 4.45. The number of hydrogen-bond donors (Lipinski definition) is 1. The summed E-state index contributed by atoms with van der Waals surface area (Å²) in [6.45, 7) is 0. The molecule has 0 saturated heterocycles. The van der Waals surface area contributed by atoms with E-state index in [-0.39, 0.29) is 10.6 Å². The predicted molar refractivity (Wildman–Crippen MR) is 51.5 cm³/mol. The second kappa shape index (κ2) is 3.12. The zero-order valence-electron chi connectivity index (χ0n) is 7.74. The molecule has 1 nitrogen and oxygen atoms in total. The van der Waals surface area contributed by atoms with Crippen LogP contribution in [0.3, 0.4) is 0 Å². The van der Waals surface area contributed by atoms with Gasteiger partial charge >= 0.3 is 0 Å². The van der Waals surface area contributed by atoms with Gasteiger partial charge in [0.05, 0.1) is 10.6 Å². The number of nitrogens with two attached hydrogens (primary N) is 1. The van der Waals surface area contributed by atoms with Crippen molar-refractivity contribution in [3.05, 3.63) is 34.6 Å². The minimum Gasteiger partial charge on any atom is -0.321 e. The fraction of sp³-hybridized carbons (Fsp3) is 0.400. The van der Waals surface area contributed by atoms with Gasteiger partial charge in [-0.15, -0.1) is 0 Å². The Bertz CT molecular complexity index is 398. The van der Waals surface area contributed by atoms with Crippen LogP contribution in [-0.2, 0) is 5.54 Å². The molecule has 0 heterocycles. The Balaban J connectivity index is 2.36. The van der Waals surface area contributed by atoms with Crippen LogP contribution in [0.2, 0.25) is 5.02 Å². The molecule has 0 aromatic heterocycles. The van der Waals surface area contributed by atoms with E-state index in [4.69, 9.17) is 17.3 Å². The van der Waals surface area contributed by atoms with Crippen LogP contribution in [0.4, 0.5) is 13.2 Å². The lowest BCUT2D eigenvalue weighted by molar-refractivity contribution is -0.125. The average molecular weight is 236 g/mol. The highest BCUT2D eigenvalue weighted by molar-refractivity contribution is 6.30. The number of alkyl halides is 2. The third kappa shape index (κ3) is 1.72. The highest BCUT2D eigenvalue weighted by atomic mass is 35.5. The molecule has 1 aliphatic carbocycles. The Morgan fingerprint density at radius 3 is 2.40 bits per heavy atom. The maximum Gasteiger partial charge on any atom is 0.252 e. The lowest BCUT2D eigenvalue weighted by Gasteiger charge is -2.44. The molecule has 0 spiro atoms. The minimum atomic E-state index is -2.79. The molecule has 2 N–H and O–H groups in total. The summed E-state index contributed by atoms with van der Waals surface area (Å²) in [6.07, 6.45) is -1.06. The van der Waals surface area contributed by atoms with E-state index < -0.39 is 30.1 Å². The van der Waals surface area contributed by atoms with Gasteiger partial charge in [0.2, 0.25) is 0 Å². The first kappa shape index (κ1) is 10.8. The van der Waals surface area contributed by atoms with Gasteiger partial charge in [-0.05, 0) is 6.07 Å². The summed E-state index contributed by atoms with van der Waals surface area (Å²) < 4.78 is 38.9. The molecular formula is C10H9ClF3N. The lowest BCUT2D eigenvalue weighted by atomic mass is 9.69. The molecule has 0 bridgehead atoms. The first-order valence-corrected chi connectivity index (χ1v) is 4.83. The molecule has 0 aliphatic heterocycles. The molecule has 2 rings (SSSR count). The van der Waals surface area contributed by atoms with Crippen LogP contribution in [0.15, 0.2) is 18.2 Å². The van der Waals surface area contributed by atoms with Gasteiger partial charge in [0, 0.05) is 18.4 Å². The van der Waals surface area contributed by atoms with Crippen LogP contribution in [0.1, 0.15) is 18.4 Å². The van der Waals surface area contributed by atoms with Gasteiger partial charge in [-0.25, -0.2) is 13.2 Å². The molecular weight excluding hydrogens is 227 g/mol. The van der Waals surface area contributed by atoms with Crippen molar-refractivity contribution >= 4 is 11.6 Å². The fourth-order valence-corrected chi connectivity index (χ4v) is 2.12. The van der Waals surface area contributed by atoms with E-state index in [2.05, 4.69) is 0 Å². The van der Waals surface area contributed by atoms with E-state index in [0.29, 0.717) is 0 Å². The first-order chi connectivity index (χ1) is 6.84. The second-order valence-electron chi connectivity index (χ2n) is 3.97. The van der Waals surface area contributed by atoms with Crippen molar-refractivity contribution in [1.82, 2.24) is 0 Å². The number of halogens is 4. The third-order valence-corrected chi connectivity index (χ3v) is 2.93. The third-order valence-electron chi connectivity index (χ3n) is 2.64. The van der Waals surface area contributed by atoms with Crippen molar-refractivity contribution < 1.29 is 13.2 Å². The highest BCUT2D eigenvalue weighted by Gasteiger charge is 2.56. The van der Waals surface area contributed by atoms with E-state index in [9.17, 15) is 13.2 Å². The monoisotopic (exact) mass is 235 g/mol. The molecule has 1 aromatic rings. The zero-order valence-corrected chi connectivity index (χ0v) is 8.49. The van der Waals surface area contributed by atoms with Crippen molar-refractivity contribution in [2.24, 2.45) is 5.73 Å². The van der Waals surface area contributed by atoms with Gasteiger partial charge < -0.3 is 5.73 Å². The molecule has 82 valence electrons. The Hall–Kier alpha value is -0.740. The minimum absolute atomic E-state index is 0.0703. The number of benzene rings is 1. The van der Waals surface area contributed by atoms with Gasteiger partial charge in [-0.3, -0.25) is 0 Å². The fourth-order valence-electron chi connectivity index (χ4n) is 1.95. The van der Waals surface area contributed by atoms with Gasteiger partial charge in [-0.1, -0.05) is 23.7 Å². The van der Waals surface area contributed by atoms with Crippen molar-refractivity contribution in [3.8, 4) is 0 Å². The summed E-state index contributed by atoms with van der Waals surface area (Å²) in [5.41, 5.74) is 4.48. The summed E-state index contributed by atoms with van der Waals surface area (Å²) in [6, 6.07) is 4.27. The summed E-state index contributed by atoms with van der Waals surface area (Å²) in [5.74, 6) is -3.49. The molecule has 1 saturated carbocycles.